The van der Waals surface area contributed by atoms with Gasteiger partial charge in [0.25, 0.3) is 0 Å². The standard InChI is InChI=1S/C13H13ClFNS/c1-9(13-6-3-7-17-13)16-8-10-11(14)4-2-5-12(10)15/h2-7,9,16H,8H2,1H3/t9-/m1/s1. The van der Waals surface area contributed by atoms with Gasteiger partial charge in [-0.15, -0.1) is 11.3 Å². The van der Waals surface area contributed by atoms with Gasteiger partial charge in [-0.05, 0) is 30.5 Å². The van der Waals surface area contributed by atoms with Gasteiger partial charge in [-0.25, -0.2) is 4.39 Å². The summed E-state index contributed by atoms with van der Waals surface area (Å²) in [6.45, 7) is 2.49. The van der Waals surface area contributed by atoms with Crippen LogP contribution in [-0.2, 0) is 6.54 Å². The molecule has 0 fully saturated rings. The normalized spacial score (nSPS) is 12.6. The van der Waals surface area contributed by atoms with Gasteiger partial charge < -0.3 is 5.32 Å². The molecule has 0 bridgehead atoms. The highest BCUT2D eigenvalue weighted by atomic mass is 35.5. The van der Waals surface area contributed by atoms with Gasteiger partial charge in [0, 0.05) is 28.0 Å². The van der Waals surface area contributed by atoms with Crippen molar-refractivity contribution in [3.63, 3.8) is 0 Å². The van der Waals surface area contributed by atoms with Crippen LogP contribution in [0, 0.1) is 5.82 Å². The zero-order chi connectivity index (χ0) is 12.3. The van der Waals surface area contributed by atoms with Crippen LogP contribution in [0.2, 0.25) is 5.02 Å². The van der Waals surface area contributed by atoms with Gasteiger partial charge in [0.15, 0.2) is 0 Å². The van der Waals surface area contributed by atoms with Crippen molar-refractivity contribution in [1.29, 1.82) is 0 Å². The Balaban J connectivity index is 2.03. The van der Waals surface area contributed by atoms with E-state index < -0.39 is 0 Å². The third-order valence-electron chi connectivity index (χ3n) is 2.62. The molecular weight excluding hydrogens is 257 g/mol. The Labute approximate surface area is 109 Å². The Kier molecular flexibility index (Phi) is 4.15. The van der Waals surface area contributed by atoms with Crippen LogP contribution in [0.3, 0.4) is 0 Å². The number of halogens is 2. The van der Waals surface area contributed by atoms with E-state index in [4.69, 9.17) is 11.6 Å². The molecule has 17 heavy (non-hydrogen) atoms. The summed E-state index contributed by atoms with van der Waals surface area (Å²) < 4.78 is 13.5. The minimum atomic E-state index is -0.261. The number of nitrogens with one attached hydrogen (secondary N) is 1. The van der Waals surface area contributed by atoms with E-state index in [1.54, 1.807) is 23.5 Å². The average Bonchev–Trinajstić information content (AvgIpc) is 2.81. The van der Waals surface area contributed by atoms with Crippen molar-refractivity contribution in [2.75, 3.05) is 0 Å². The van der Waals surface area contributed by atoms with E-state index in [0.29, 0.717) is 17.1 Å². The molecule has 1 atom stereocenters. The maximum absolute atomic E-state index is 13.5. The number of rotatable bonds is 4. The van der Waals surface area contributed by atoms with Crippen LogP contribution in [-0.4, -0.2) is 0 Å². The van der Waals surface area contributed by atoms with Gasteiger partial charge >= 0.3 is 0 Å². The van der Waals surface area contributed by atoms with Crippen LogP contribution >= 0.6 is 22.9 Å². The lowest BCUT2D eigenvalue weighted by Gasteiger charge is -2.13. The van der Waals surface area contributed by atoms with Gasteiger partial charge in [-0.3, -0.25) is 0 Å². The van der Waals surface area contributed by atoms with Crippen LogP contribution < -0.4 is 5.32 Å². The van der Waals surface area contributed by atoms with Crippen molar-refractivity contribution in [1.82, 2.24) is 5.32 Å². The molecule has 1 heterocycles. The van der Waals surface area contributed by atoms with Crippen molar-refractivity contribution >= 4 is 22.9 Å². The lowest BCUT2D eigenvalue weighted by Crippen LogP contribution is -2.18. The molecule has 90 valence electrons. The quantitative estimate of drug-likeness (QED) is 0.868. The van der Waals surface area contributed by atoms with E-state index in [0.717, 1.165) is 0 Å². The highest BCUT2D eigenvalue weighted by Gasteiger charge is 2.10. The van der Waals surface area contributed by atoms with Crippen LogP contribution in [0.1, 0.15) is 23.4 Å². The smallest absolute Gasteiger partial charge is 0.129 e. The highest BCUT2D eigenvalue weighted by molar-refractivity contribution is 7.10. The van der Waals surface area contributed by atoms with Gasteiger partial charge in [0.05, 0.1) is 0 Å². The summed E-state index contributed by atoms with van der Waals surface area (Å²) in [7, 11) is 0. The minimum absolute atomic E-state index is 0.200. The largest absolute Gasteiger partial charge is 0.305 e. The summed E-state index contributed by atoms with van der Waals surface area (Å²) in [5.41, 5.74) is 0.526. The molecule has 0 unspecified atom stereocenters. The van der Waals surface area contributed by atoms with Gasteiger partial charge in [-0.2, -0.15) is 0 Å². The minimum Gasteiger partial charge on any atom is -0.305 e. The van der Waals surface area contributed by atoms with E-state index in [1.807, 2.05) is 11.4 Å². The third-order valence-corrected chi connectivity index (χ3v) is 4.03. The average molecular weight is 270 g/mol. The van der Waals surface area contributed by atoms with Gasteiger partial charge in [0.2, 0.25) is 0 Å². The zero-order valence-electron chi connectivity index (χ0n) is 9.41. The Hall–Kier alpha value is -0.900. The molecule has 0 radical (unpaired) electrons. The Morgan fingerprint density at radius 1 is 1.35 bits per heavy atom. The first-order valence-electron chi connectivity index (χ1n) is 5.38. The molecule has 2 rings (SSSR count). The van der Waals surface area contributed by atoms with Crippen molar-refractivity contribution in [3.8, 4) is 0 Å². The van der Waals surface area contributed by atoms with E-state index in [1.165, 1.54) is 10.9 Å². The monoisotopic (exact) mass is 269 g/mol. The molecule has 1 aromatic carbocycles. The topological polar surface area (TPSA) is 12.0 Å². The molecule has 1 aromatic heterocycles. The summed E-state index contributed by atoms with van der Waals surface area (Å²) in [5.74, 6) is -0.261. The van der Waals surface area contributed by atoms with Gasteiger partial charge in [0.1, 0.15) is 5.82 Å². The second kappa shape index (κ2) is 5.63. The Morgan fingerprint density at radius 2 is 2.18 bits per heavy atom. The van der Waals surface area contributed by atoms with Gasteiger partial charge in [-0.1, -0.05) is 23.7 Å². The third kappa shape index (κ3) is 3.06. The Bertz CT molecular complexity index is 464. The maximum atomic E-state index is 13.5. The van der Waals surface area contributed by atoms with Crippen LogP contribution in [0.25, 0.3) is 0 Å². The van der Waals surface area contributed by atoms with Crippen LogP contribution in [0.15, 0.2) is 35.7 Å². The fourth-order valence-corrected chi connectivity index (χ4v) is 2.58. The molecule has 0 saturated carbocycles. The highest BCUT2D eigenvalue weighted by Crippen LogP contribution is 2.22. The number of thiophene rings is 1. The van der Waals surface area contributed by atoms with Crippen LogP contribution in [0.4, 0.5) is 4.39 Å². The molecule has 0 spiro atoms. The number of hydrogen-bond donors (Lipinski definition) is 1. The van der Waals surface area contributed by atoms with E-state index in [2.05, 4.69) is 18.3 Å². The second-order valence-electron chi connectivity index (χ2n) is 3.82. The fraction of sp³-hybridized carbons (Fsp3) is 0.231. The molecule has 0 aliphatic rings. The predicted octanol–water partition coefficient (Wildman–Crippen LogP) is 4.39. The lowest BCUT2D eigenvalue weighted by atomic mass is 10.2. The molecule has 0 aliphatic heterocycles. The molecule has 1 N–H and O–H groups in total. The fourth-order valence-electron chi connectivity index (χ4n) is 1.59. The first kappa shape index (κ1) is 12.6. The second-order valence-corrected chi connectivity index (χ2v) is 5.20. The van der Waals surface area contributed by atoms with E-state index in [9.17, 15) is 4.39 Å². The molecule has 4 heteroatoms. The summed E-state index contributed by atoms with van der Waals surface area (Å²) >= 11 is 7.65. The molecular formula is C13H13ClFNS. The van der Waals surface area contributed by atoms with Crippen molar-refractivity contribution in [2.45, 2.75) is 19.5 Å². The van der Waals surface area contributed by atoms with Crippen molar-refractivity contribution in [2.24, 2.45) is 0 Å². The Morgan fingerprint density at radius 3 is 2.82 bits per heavy atom. The maximum Gasteiger partial charge on any atom is 0.129 e. The zero-order valence-corrected chi connectivity index (χ0v) is 11.0. The predicted molar refractivity (Wildman–Crippen MR) is 71.0 cm³/mol. The summed E-state index contributed by atoms with van der Waals surface area (Å²) in [6, 6.07) is 9.02. The molecule has 2 aromatic rings. The summed E-state index contributed by atoms with van der Waals surface area (Å²) in [6.07, 6.45) is 0. The first-order chi connectivity index (χ1) is 8.18. The molecule has 0 aliphatic carbocycles. The first-order valence-corrected chi connectivity index (χ1v) is 6.64. The van der Waals surface area contributed by atoms with Crippen LogP contribution in [0.5, 0.6) is 0 Å². The molecule has 0 saturated heterocycles. The number of hydrogen-bond acceptors (Lipinski definition) is 2. The summed E-state index contributed by atoms with van der Waals surface area (Å²) in [5, 5.41) is 5.77. The van der Waals surface area contributed by atoms with E-state index >= 15 is 0 Å². The molecule has 0 amide bonds. The van der Waals surface area contributed by atoms with Crippen molar-refractivity contribution in [3.05, 3.63) is 57.0 Å². The van der Waals surface area contributed by atoms with Crippen molar-refractivity contribution < 1.29 is 4.39 Å². The molecule has 1 nitrogen and oxygen atoms in total. The van der Waals surface area contributed by atoms with E-state index in [-0.39, 0.29) is 11.9 Å². The summed E-state index contributed by atoms with van der Waals surface area (Å²) in [4.78, 5) is 1.23. The number of benzene rings is 1. The SMILES string of the molecule is C[C@@H](NCc1c(F)cccc1Cl)c1cccs1. The lowest BCUT2D eigenvalue weighted by molar-refractivity contribution is 0.549.